The molecular weight excluding hydrogens is 280 g/mol. The quantitative estimate of drug-likeness (QED) is 0.896. The zero-order valence-electron chi connectivity index (χ0n) is 10.6. The van der Waals surface area contributed by atoms with Gasteiger partial charge in [0.25, 0.3) is 0 Å². The van der Waals surface area contributed by atoms with Crippen LogP contribution in [0, 0.1) is 23.2 Å². The van der Waals surface area contributed by atoms with E-state index in [-0.39, 0.29) is 16.8 Å². The molecule has 0 aromatic heterocycles. The third kappa shape index (κ3) is 3.09. The maximum atomic E-state index is 12.0. The van der Waals surface area contributed by atoms with Crippen molar-refractivity contribution < 1.29 is 14.7 Å². The van der Waals surface area contributed by atoms with E-state index in [9.17, 15) is 9.59 Å². The van der Waals surface area contributed by atoms with Gasteiger partial charge in [-0.05, 0) is 37.5 Å². The Bertz CT molecular complexity index is 595. The van der Waals surface area contributed by atoms with Gasteiger partial charge in [0.1, 0.15) is 6.07 Å². The van der Waals surface area contributed by atoms with Crippen LogP contribution in [-0.2, 0) is 9.59 Å². The summed E-state index contributed by atoms with van der Waals surface area (Å²) in [7, 11) is 0. The number of nitrogens with zero attached hydrogens (tertiary/aromatic N) is 1. The van der Waals surface area contributed by atoms with Crippen molar-refractivity contribution in [1.29, 1.82) is 5.26 Å². The molecule has 104 valence electrons. The summed E-state index contributed by atoms with van der Waals surface area (Å²) in [5, 5.41) is 20.7. The molecule has 0 spiro atoms. The smallest absolute Gasteiger partial charge is 0.306 e. The molecule has 20 heavy (non-hydrogen) atoms. The first kappa shape index (κ1) is 14.4. The molecule has 1 aromatic carbocycles. The molecule has 2 N–H and O–H groups in total. The highest BCUT2D eigenvalue weighted by molar-refractivity contribution is 6.32. The Morgan fingerprint density at radius 3 is 2.60 bits per heavy atom. The highest BCUT2D eigenvalue weighted by Crippen LogP contribution is 2.32. The number of rotatable bonds is 3. The van der Waals surface area contributed by atoms with Crippen LogP contribution in [0.3, 0.4) is 0 Å². The monoisotopic (exact) mass is 292 g/mol. The van der Waals surface area contributed by atoms with E-state index < -0.39 is 11.9 Å². The van der Waals surface area contributed by atoms with Gasteiger partial charge in [-0.2, -0.15) is 5.26 Å². The molecule has 1 aliphatic carbocycles. The number of carboxylic acid groups (broad SMARTS) is 1. The predicted molar refractivity (Wildman–Crippen MR) is 73.3 cm³/mol. The van der Waals surface area contributed by atoms with Crippen molar-refractivity contribution in [2.24, 2.45) is 11.8 Å². The minimum absolute atomic E-state index is 0.200. The Kier molecular flexibility index (Phi) is 4.26. The van der Waals surface area contributed by atoms with Gasteiger partial charge in [-0.15, -0.1) is 0 Å². The highest BCUT2D eigenvalue weighted by Gasteiger charge is 2.33. The SMILES string of the molecule is N#Cc1ccc(NC(=O)[C@@H]2CC[C@H](C(=O)O)C2)cc1Cl. The maximum Gasteiger partial charge on any atom is 0.306 e. The number of carboxylic acids is 1. The van der Waals surface area contributed by atoms with E-state index >= 15 is 0 Å². The number of hydrogen-bond acceptors (Lipinski definition) is 3. The largest absolute Gasteiger partial charge is 0.481 e. The van der Waals surface area contributed by atoms with Gasteiger partial charge in [0, 0.05) is 11.6 Å². The lowest BCUT2D eigenvalue weighted by molar-refractivity contribution is -0.141. The van der Waals surface area contributed by atoms with Crippen molar-refractivity contribution in [3.8, 4) is 6.07 Å². The Balaban J connectivity index is 2.01. The molecule has 0 unspecified atom stereocenters. The first-order valence-corrected chi connectivity index (χ1v) is 6.62. The van der Waals surface area contributed by atoms with E-state index in [1.165, 1.54) is 12.1 Å². The van der Waals surface area contributed by atoms with Crippen molar-refractivity contribution in [1.82, 2.24) is 0 Å². The molecule has 1 aliphatic rings. The third-order valence-corrected chi connectivity index (χ3v) is 3.82. The topological polar surface area (TPSA) is 90.2 Å². The molecule has 0 saturated heterocycles. The standard InChI is InChI=1S/C14H13ClN2O3/c15-12-6-11(4-3-10(12)7-16)17-13(18)8-1-2-9(5-8)14(19)20/h3-4,6,8-9H,1-2,5H2,(H,17,18)(H,19,20)/t8-,9+/m1/s1. The van der Waals surface area contributed by atoms with Gasteiger partial charge in [-0.3, -0.25) is 9.59 Å². The molecule has 1 saturated carbocycles. The Morgan fingerprint density at radius 2 is 2.05 bits per heavy atom. The van der Waals surface area contributed by atoms with E-state index in [1.807, 2.05) is 6.07 Å². The van der Waals surface area contributed by atoms with Crippen LogP contribution in [0.4, 0.5) is 5.69 Å². The second kappa shape index (κ2) is 5.93. The average Bonchev–Trinajstić information content (AvgIpc) is 2.88. The highest BCUT2D eigenvalue weighted by atomic mass is 35.5. The summed E-state index contributed by atoms with van der Waals surface area (Å²) in [6.07, 6.45) is 1.47. The third-order valence-electron chi connectivity index (χ3n) is 3.51. The summed E-state index contributed by atoms with van der Waals surface area (Å²) in [5.74, 6) is -1.77. The lowest BCUT2D eigenvalue weighted by atomic mass is 10.0. The maximum absolute atomic E-state index is 12.0. The van der Waals surface area contributed by atoms with E-state index in [0.717, 1.165) is 0 Å². The summed E-state index contributed by atoms with van der Waals surface area (Å²) in [4.78, 5) is 22.9. The van der Waals surface area contributed by atoms with Crippen LogP contribution < -0.4 is 5.32 Å². The number of carbonyl (C=O) groups excluding carboxylic acids is 1. The van der Waals surface area contributed by atoms with Crippen LogP contribution in [0.25, 0.3) is 0 Å². The van der Waals surface area contributed by atoms with Gasteiger partial charge in [0.2, 0.25) is 5.91 Å². The van der Waals surface area contributed by atoms with Crippen molar-refractivity contribution in [2.75, 3.05) is 5.32 Å². The summed E-state index contributed by atoms with van der Waals surface area (Å²) < 4.78 is 0. The summed E-state index contributed by atoms with van der Waals surface area (Å²) in [6.45, 7) is 0. The van der Waals surface area contributed by atoms with Gasteiger partial charge in [0.15, 0.2) is 0 Å². The number of carbonyl (C=O) groups is 2. The number of nitrogens with one attached hydrogen (secondary N) is 1. The first-order chi connectivity index (χ1) is 9.51. The van der Waals surface area contributed by atoms with Crippen LogP contribution >= 0.6 is 11.6 Å². The molecular formula is C14H13ClN2O3. The number of benzene rings is 1. The van der Waals surface area contributed by atoms with Crippen LogP contribution in [0.5, 0.6) is 0 Å². The van der Waals surface area contributed by atoms with E-state index in [2.05, 4.69) is 5.32 Å². The fraction of sp³-hybridized carbons (Fsp3) is 0.357. The van der Waals surface area contributed by atoms with Crippen LogP contribution in [-0.4, -0.2) is 17.0 Å². The van der Waals surface area contributed by atoms with E-state index in [0.29, 0.717) is 30.5 Å². The normalized spacial score (nSPS) is 21.2. The van der Waals surface area contributed by atoms with Crippen molar-refractivity contribution in [2.45, 2.75) is 19.3 Å². The zero-order chi connectivity index (χ0) is 14.7. The Hall–Kier alpha value is -2.06. The van der Waals surface area contributed by atoms with E-state index in [1.54, 1.807) is 6.07 Å². The second-order valence-electron chi connectivity index (χ2n) is 4.84. The van der Waals surface area contributed by atoms with Crippen molar-refractivity contribution >= 4 is 29.2 Å². The minimum Gasteiger partial charge on any atom is -0.481 e. The number of nitriles is 1. The van der Waals surface area contributed by atoms with Gasteiger partial charge in [-0.1, -0.05) is 11.6 Å². The van der Waals surface area contributed by atoms with E-state index in [4.69, 9.17) is 22.0 Å². The predicted octanol–water partition coefficient (Wildman–Crippen LogP) is 2.65. The number of hydrogen-bond donors (Lipinski definition) is 2. The van der Waals surface area contributed by atoms with Gasteiger partial charge < -0.3 is 10.4 Å². The fourth-order valence-electron chi connectivity index (χ4n) is 2.37. The molecule has 0 aliphatic heterocycles. The van der Waals surface area contributed by atoms with Crippen molar-refractivity contribution in [3.63, 3.8) is 0 Å². The lowest BCUT2D eigenvalue weighted by Gasteiger charge is -2.11. The molecule has 6 heteroatoms. The zero-order valence-corrected chi connectivity index (χ0v) is 11.4. The summed E-state index contributed by atoms with van der Waals surface area (Å²) in [6, 6.07) is 6.59. The molecule has 1 amide bonds. The van der Waals surface area contributed by atoms with Gasteiger partial charge >= 0.3 is 5.97 Å². The van der Waals surface area contributed by atoms with Crippen LogP contribution in [0.2, 0.25) is 5.02 Å². The Labute approximate surface area is 121 Å². The molecule has 1 aromatic rings. The number of anilines is 1. The summed E-state index contributed by atoms with van der Waals surface area (Å²) >= 11 is 5.89. The average molecular weight is 293 g/mol. The number of halogens is 1. The molecule has 0 heterocycles. The van der Waals surface area contributed by atoms with Gasteiger partial charge in [-0.25, -0.2) is 0 Å². The molecule has 5 nitrogen and oxygen atoms in total. The number of amides is 1. The fourth-order valence-corrected chi connectivity index (χ4v) is 2.59. The molecule has 1 fully saturated rings. The molecule has 2 rings (SSSR count). The first-order valence-electron chi connectivity index (χ1n) is 6.24. The van der Waals surface area contributed by atoms with Gasteiger partial charge in [0.05, 0.1) is 16.5 Å². The molecule has 2 atom stereocenters. The second-order valence-corrected chi connectivity index (χ2v) is 5.25. The Morgan fingerprint density at radius 1 is 1.35 bits per heavy atom. The van der Waals surface area contributed by atoms with Crippen molar-refractivity contribution in [3.05, 3.63) is 28.8 Å². The van der Waals surface area contributed by atoms with Crippen LogP contribution in [0.1, 0.15) is 24.8 Å². The molecule has 0 radical (unpaired) electrons. The number of aliphatic carboxylic acids is 1. The minimum atomic E-state index is -0.846. The molecule has 0 bridgehead atoms. The lowest BCUT2D eigenvalue weighted by Crippen LogP contribution is -2.21. The summed E-state index contributed by atoms with van der Waals surface area (Å²) in [5.41, 5.74) is 0.856. The van der Waals surface area contributed by atoms with Crippen LogP contribution in [0.15, 0.2) is 18.2 Å².